The number of hydrogen-bond donors (Lipinski definition) is 1. The smallest absolute Gasteiger partial charge is 0.129 e. The molecular formula is C14H12BrFOS. The average molecular weight is 327 g/mol. The van der Waals surface area contributed by atoms with Gasteiger partial charge in [-0.25, -0.2) is 4.39 Å². The highest BCUT2D eigenvalue weighted by molar-refractivity contribution is 9.10. The quantitative estimate of drug-likeness (QED) is 0.844. The molecule has 0 aliphatic carbocycles. The number of hydrogen-bond acceptors (Lipinski definition) is 2. The van der Waals surface area contributed by atoms with Gasteiger partial charge in [0.05, 0.1) is 0 Å². The molecule has 0 spiro atoms. The summed E-state index contributed by atoms with van der Waals surface area (Å²) in [6, 6.07) is 12.0. The van der Waals surface area contributed by atoms with Gasteiger partial charge in [0, 0.05) is 14.9 Å². The molecule has 0 aliphatic rings. The largest absolute Gasteiger partial charge is 0.384 e. The zero-order valence-electron chi connectivity index (χ0n) is 9.73. The van der Waals surface area contributed by atoms with E-state index in [0.717, 1.165) is 9.37 Å². The van der Waals surface area contributed by atoms with Crippen molar-refractivity contribution in [1.82, 2.24) is 0 Å². The molecule has 94 valence electrons. The lowest BCUT2D eigenvalue weighted by Gasteiger charge is -2.13. The zero-order valence-corrected chi connectivity index (χ0v) is 12.1. The van der Waals surface area contributed by atoms with Gasteiger partial charge in [-0.2, -0.15) is 0 Å². The second kappa shape index (κ2) is 5.87. The Morgan fingerprint density at radius 2 is 1.83 bits per heavy atom. The van der Waals surface area contributed by atoms with Crippen LogP contribution in [0.2, 0.25) is 0 Å². The van der Waals surface area contributed by atoms with Crippen LogP contribution in [0.4, 0.5) is 4.39 Å². The number of thioether (sulfide) groups is 1. The molecule has 2 aromatic rings. The first kappa shape index (κ1) is 13.6. The van der Waals surface area contributed by atoms with Crippen molar-refractivity contribution in [2.45, 2.75) is 11.0 Å². The Hall–Kier alpha value is -0.840. The van der Waals surface area contributed by atoms with Crippen molar-refractivity contribution in [2.24, 2.45) is 0 Å². The monoisotopic (exact) mass is 326 g/mol. The fourth-order valence-corrected chi connectivity index (χ4v) is 2.48. The molecule has 18 heavy (non-hydrogen) atoms. The van der Waals surface area contributed by atoms with Gasteiger partial charge in [0.2, 0.25) is 0 Å². The van der Waals surface area contributed by atoms with E-state index in [1.165, 1.54) is 6.07 Å². The third-order valence-electron chi connectivity index (χ3n) is 2.68. The van der Waals surface area contributed by atoms with E-state index in [2.05, 4.69) is 15.9 Å². The maximum atomic E-state index is 13.7. The summed E-state index contributed by atoms with van der Waals surface area (Å²) in [4.78, 5) is 1.11. The maximum Gasteiger partial charge on any atom is 0.129 e. The van der Waals surface area contributed by atoms with Gasteiger partial charge in [-0.1, -0.05) is 28.1 Å². The van der Waals surface area contributed by atoms with Crippen LogP contribution >= 0.6 is 27.7 Å². The number of rotatable bonds is 3. The molecule has 0 radical (unpaired) electrons. The predicted molar refractivity (Wildman–Crippen MR) is 76.4 cm³/mol. The number of benzene rings is 2. The second-order valence-corrected chi connectivity index (χ2v) is 5.64. The maximum absolute atomic E-state index is 13.7. The van der Waals surface area contributed by atoms with Gasteiger partial charge in [-0.05, 0) is 42.2 Å². The number of aliphatic hydroxyl groups excluding tert-OH is 1. The first-order valence-electron chi connectivity index (χ1n) is 5.39. The summed E-state index contributed by atoms with van der Waals surface area (Å²) in [6.07, 6.45) is 1.04. The second-order valence-electron chi connectivity index (χ2n) is 3.84. The fraction of sp³-hybridized carbons (Fsp3) is 0.143. The Morgan fingerprint density at radius 1 is 1.17 bits per heavy atom. The molecule has 0 aliphatic heterocycles. The standard InChI is InChI=1S/C14H12BrFOS/c1-18-11-5-2-9(3-6-11)14(17)12-8-10(15)4-7-13(12)16/h2-8,14,17H,1H3. The van der Waals surface area contributed by atoms with E-state index in [1.807, 2.05) is 30.5 Å². The third-order valence-corrected chi connectivity index (χ3v) is 3.92. The van der Waals surface area contributed by atoms with E-state index in [1.54, 1.807) is 23.9 Å². The van der Waals surface area contributed by atoms with Crippen molar-refractivity contribution in [3.8, 4) is 0 Å². The van der Waals surface area contributed by atoms with Gasteiger partial charge in [0.15, 0.2) is 0 Å². The van der Waals surface area contributed by atoms with Crippen LogP contribution in [0.5, 0.6) is 0 Å². The van der Waals surface area contributed by atoms with Crippen LogP contribution in [0, 0.1) is 5.82 Å². The van der Waals surface area contributed by atoms with E-state index < -0.39 is 11.9 Å². The van der Waals surface area contributed by atoms with Crippen molar-refractivity contribution in [3.05, 3.63) is 63.9 Å². The zero-order chi connectivity index (χ0) is 13.1. The van der Waals surface area contributed by atoms with Crippen LogP contribution < -0.4 is 0 Å². The molecule has 1 N–H and O–H groups in total. The van der Waals surface area contributed by atoms with Crippen LogP contribution in [0.3, 0.4) is 0 Å². The molecule has 0 bridgehead atoms. The first-order valence-corrected chi connectivity index (χ1v) is 7.40. The van der Waals surface area contributed by atoms with E-state index in [-0.39, 0.29) is 5.56 Å². The molecule has 4 heteroatoms. The van der Waals surface area contributed by atoms with E-state index >= 15 is 0 Å². The summed E-state index contributed by atoms with van der Waals surface area (Å²) in [6.45, 7) is 0. The minimum Gasteiger partial charge on any atom is -0.384 e. The molecule has 2 rings (SSSR count). The van der Waals surface area contributed by atoms with E-state index in [9.17, 15) is 9.50 Å². The topological polar surface area (TPSA) is 20.2 Å². The Balaban J connectivity index is 2.34. The molecule has 1 atom stereocenters. The lowest BCUT2D eigenvalue weighted by molar-refractivity contribution is 0.215. The van der Waals surface area contributed by atoms with Gasteiger partial charge < -0.3 is 5.11 Å². The average Bonchev–Trinajstić information content (AvgIpc) is 2.41. The number of aliphatic hydroxyl groups is 1. The summed E-state index contributed by atoms with van der Waals surface area (Å²) < 4.78 is 14.4. The predicted octanol–water partition coefficient (Wildman–Crippen LogP) is 4.39. The molecule has 0 saturated carbocycles. The summed E-state index contributed by atoms with van der Waals surface area (Å²) in [5.74, 6) is -0.403. The van der Waals surface area contributed by atoms with Crippen LogP contribution in [-0.4, -0.2) is 11.4 Å². The van der Waals surface area contributed by atoms with Gasteiger partial charge in [0.1, 0.15) is 11.9 Å². The molecule has 2 aromatic carbocycles. The molecule has 1 nitrogen and oxygen atoms in total. The Kier molecular flexibility index (Phi) is 4.43. The minimum absolute atomic E-state index is 0.279. The first-order chi connectivity index (χ1) is 8.61. The third kappa shape index (κ3) is 2.94. The Labute approximate surface area is 118 Å². The van der Waals surface area contributed by atoms with Crippen LogP contribution in [0.1, 0.15) is 17.2 Å². The Bertz CT molecular complexity index is 542. The lowest BCUT2D eigenvalue weighted by atomic mass is 10.0. The molecule has 0 heterocycles. The highest BCUT2D eigenvalue weighted by Gasteiger charge is 2.15. The van der Waals surface area contributed by atoms with Crippen molar-refractivity contribution < 1.29 is 9.50 Å². The van der Waals surface area contributed by atoms with Crippen molar-refractivity contribution in [1.29, 1.82) is 0 Å². The molecule has 0 saturated heterocycles. The fourth-order valence-electron chi connectivity index (χ4n) is 1.69. The highest BCUT2D eigenvalue weighted by atomic mass is 79.9. The van der Waals surface area contributed by atoms with E-state index in [4.69, 9.17) is 0 Å². The minimum atomic E-state index is -0.946. The SMILES string of the molecule is CSc1ccc(C(O)c2cc(Br)ccc2F)cc1. The van der Waals surface area contributed by atoms with Crippen LogP contribution in [0.25, 0.3) is 0 Å². The lowest BCUT2D eigenvalue weighted by Crippen LogP contribution is -2.02. The van der Waals surface area contributed by atoms with Gasteiger partial charge in [-0.15, -0.1) is 11.8 Å². The van der Waals surface area contributed by atoms with Gasteiger partial charge in [0.25, 0.3) is 0 Å². The molecule has 0 aromatic heterocycles. The summed E-state index contributed by atoms with van der Waals surface area (Å²) in [7, 11) is 0. The normalized spacial score (nSPS) is 12.4. The molecule has 0 fully saturated rings. The van der Waals surface area contributed by atoms with Crippen LogP contribution in [-0.2, 0) is 0 Å². The van der Waals surface area contributed by atoms with Crippen LogP contribution in [0.15, 0.2) is 51.8 Å². The Morgan fingerprint density at radius 3 is 2.44 bits per heavy atom. The summed E-state index contributed by atoms with van der Waals surface area (Å²) in [5.41, 5.74) is 0.964. The molecule has 1 unspecified atom stereocenters. The van der Waals surface area contributed by atoms with Gasteiger partial charge >= 0.3 is 0 Å². The molecular weight excluding hydrogens is 315 g/mol. The van der Waals surface area contributed by atoms with Gasteiger partial charge in [-0.3, -0.25) is 0 Å². The molecule has 0 amide bonds. The van der Waals surface area contributed by atoms with Crippen molar-refractivity contribution in [2.75, 3.05) is 6.26 Å². The summed E-state index contributed by atoms with van der Waals surface area (Å²) in [5, 5.41) is 10.2. The summed E-state index contributed by atoms with van der Waals surface area (Å²) >= 11 is 4.91. The number of halogens is 2. The van der Waals surface area contributed by atoms with Crippen molar-refractivity contribution in [3.63, 3.8) is 0 Å². The van der Waals surface area contributed by atoms with Crippen molar-refractivity contribution >= 4 is 27.7 Å². The highest BCUT2D eigenvalue weighted by Crippen LogP contribution is 2.28. The van der Waals surface area contributed by atoms with E-state index in [0.29, 0.717) is 5.56 Å².